The Kier molecular flexibility index (Phi) is 4.79. The number of rotatable bonds is 6. The fourth-order valence-electron chi connectivity index (χ4n) is 1.18. The normalized spacial score (nSPS) is 9.79. The first-order valence-corrected chi connectivity index (χ1v) is 4.68. The molecule has 0 heterocycles. The van der Waals surface area contributed by atoms with Crippen LogP contribution in [0.4, 0.5) is 0 Å². The third-order valence-electron chi connectivity index (χ3n) is 1.90. The summed E-state index contributed by atoms with van der Waals surface area (Å²) in [6, 6.07) is 8.02. The summed E-state index contributed by atoms with van der Waals surface area (Å²) in [4.78, 5) is 0. The number of benzene rings is 1. The van der Waals surface area contributed by atoms with Crippen molar-refractivity contribution in [2.24, 2.45) is 0 Å². The van der Waals surface area contributed by atoms with E-state index in [0.29, 0.717) is 6.61 Å². The monoisotopic (exact) mass is 192 g/mol. The van der Waals surface area contributed by atoms with E-state index in [0.717, 1.165) is 18.8 Å². The van der Waals surface area contributed by atoms with Gasteiger partial charge in [-0.3, -0.25) is 0 Å². The molecule has 0 aliphatic rings. The lowest BCUT2D eigenvalue weighted by atomic mass is 10.1. The molecule has 0 bridgehead atoms. The van der Waals surface area contributed by atoms with E-state index >= 15 is 0 Å². The smallest absolute Gasteiger partial charge is 0.119 e. The summed E-state index contributed by atoms with van der Waals surface area (Å²) in [7, 11) is 1.67. The van der Waals surface area contributed by atoms with Crippen molar-refractivity contribution in [1.29, 1.82) is 0 Å². The van der Waals surface area contributed by atoms with Gasteiger partial charge in [-0.15, -0.1) is 6.58 Å². The van der Waals surface area contributed by atoms with Crippen LogP contribution in [0, 0.1) is 0 Å². The van der Waals surface area contributed by atoms with Crippen LogP contribution >= 0.6 is 0 Å². The SMILES string of the molecule is C=CCOCCc1cccc(OC)c1. The zero-order chi connectivity index (χ0) is 10.2. The van der Waals surface area contributed by atoms with Gasteiger partial charge in [0.05, 0.1) is 20.3 Å². The summed E-state index contributed by atoms with van der Waals surface area (Å²) in [5.74, 6) is 0.895. The predicted molar refractivity (Wildman–Crippen MR) is 57.7 cm³/mol. The van der Waals surface area contributed by atoms with Gasteiger partial charge in [0.1, 0.15) is 5.75 Å². The molecule has 2 nitrogen and oxygen atoms in total. The summed E-state index contributed by atoms with van der Waals surface area (Å²) < 4.78 is 10.4. The van der Waals surface area contributed by atoms with E-state index < -0.39 is 0 Å². The third-order valence-corrected chi connectivity index (χ3v) is 1.90. The molecule has 0 aliphatic heterocycles. The molecule has 0 aliphatic carbocycles. The van der Waals surface area contributed by atoms with Gasteiger partial charge in [-0.25, -0.2) is 0 Å². The highest BCUT2D eigenvalue weighted by Crippen LogP contribution is 2.12. The molecule has 1 aromatic carbocycles. The van der Waals surface area contributed by atoms with Gasteiger partial charge in [-0.2, -0.15) is 0 Å². The van der Waals surface area contributed by atoms with E-state index in [-0.39, 0.29) is 0 Å². The van der Waals surface area contributed by atoms with Gasteiger partial charge < -0.3 is 9.47 Å². The maximum atomic E-state index is 5.30. The van der Waals surface area contributed by atoms with Crippen molar-refractivity contribution < 1.29 is 9.47 Å². The number of methoxy groups -OCH3 is 1. The van der Waals surface area contributed by atoms with Crippen LogP contribution < -0.4 is 4.74 Å². The van der Waals surface area contributed by atoms with Crippen molar-refractivity contribution in [2.75, 3.05) is 20.3 Å². The molecule has 0 radical (unpaired) electrons. The highest BCUT2D eigenvalue weighted by molar-refractivity contribution is 5.28. The first kappa shape index (κ1) is 10.8. The van der Waals surface area contributed by atoms with Crippen molar-refractivity contribution >= 4 is 0 Å². The number of ether oxygens (including phenoxy) is 2. The van der Waals surface area contributed by atoms with Gasteiger partial charge in [0.15, 0.2) is 0 Å². The molecular weight excluding hydrogens is 176 g/mol. The Morgan fingerprint density at radius 1 is 1.43 bits per heavy atom. The van der Waals surface area contributed by atoms with Crippen molar-refractivity contribution in [2.45, 2.75) is 6.42 Å². The van der Waals surface area contributed by atoms with Gasteiger partial charge >= 0.3 is 0 Å². The van der Waals surface area contributed by atoms with Crippen molar-refractivity contribution in [1.82, 2.24) is 0 Å². The quantitative estimate of drug-likeness (QED) is 0.509. The van der Waals surface area contributed by atoms with E-state index in [1.807, 2.05) is 18.2 Å². The Hall–Kier alpha value is -1.28. The molecule has 0 fully saturated rings. The molecule has 0 atom stereocenters. The molecule has 0 spiro atoms. The average molecular weight is 192 g/mol. The van der Waals surface area contributed by atoms with Crippen LogP contribution in [0.5, 0.6) is 5.75 Å². The summed E-state index contributed by atoms with van der Waals surface area (Å²) in [6.07, 6.45) is 2.66. The fraction of sp³-hybridized carbons (Fsp3) is 0.333. The lowest BCUT2D eigenvalue weighted by molar-refractivity contribution is 0.166. The van der Waals surface area contributed by atoms with E-state index in [2.05, 4.69) is 12.6 Å². The number of hydrogen-bond donors (Lipinski definition) is 0. The molecular formula is C12H16O2. The highest BCUT2D eigenvalue weighted by atomic mass is 16.5. The third kappa shape index (κ3) is 3.62. The van der Waals surface area contributed by atoms with Crippen LogP contribution in [-0.4, -0.2) is 20.3 Å². The van der Waals surface area contributed by atoms with Crippen LogP contribution in [0.2, 0.25) is 0 Å². The van der Waals surface area contributed by atoms with Crippen molar-refractivity contribution in [3.8, 4) is 5.75 Å². The van der Waals surface area contributed by atoms with Crippen LogP contribution in [0.25, 0.3) is 0 Å². The van der Waals surface area contributed by atoms with Crippen LogP contribution in [0.1, 0.15) is 5.56 Å². The molecule has 0 amide bonds. The second-order valence-corrected chi connectivity index (χ2v) is 2.97. The second kappa shape index (κ2) is 6.22. The second-order valence-electron chi connectivity index (χ2n) is 2.97. The Labute approximate surface area is 85.2 Å². The maximum Gasteiger partial charge on any atom is 0.119 e. The zero-order valence-corrected chi connectivity index (χ0v) is 8.53. The van der Waals surface area contributed by atoms with Crippen LogP contribution in [0.15, 0.2) is 36.9 Å². The molecule has 0 N–H and O–H groups in total. The lowest BCUT2D eigenvalue weighted by Crippen LogP contribution is -1.98. The fourth-order valence-corrected chi connectivity index (χ4v) is 1.18. The van der Waals surface area contributed by atoms with Gasteiger partial charge in [-0.1, -0.05) is 18.2 Å². The zero-order valence-electron chi connectivity index (χ0n) is 8.53. The Balaban J connectivity index is 2.38. The summed E-state index contributed by atoms with van der Waals surface area (Å²) >= 11 is 0. The molecule has 14 heavy (non-hydrogen) atoms. The minimum Gasteiger partial charge on any atom is -0.497 e. The first-order valence-electron chi connectivity index (χ1n) is 4.68. The van der Waals surface area contributed by atoms with Crippen molar-refractivity contribution in [3.63, 3.8) is 0 Å². The molecule has 76 valence electrons. The van der Waals surface area contributed by atoms with Crippen LogP contribution in [0.3, 0.4) is 0 Å². The summed E-state index contributed by atoms with van der Waals surface area (Å²) in [6.45, 7) is 4.92. The molecule has 0 unspecified atom stereocenters. The van der Waals surface area contributed by atoms with Crippen molar-refractivity contribution in [3.05, 3.63) is 42.5 Å². The molecule has 0 saturated carbocycles. The van der Waals surface area contributed by atoms with Crippen LogP contribution in [-0.2, 0) is 11.2 Å². The topological polar surface area (TPSA) is 18.5 Å². The maximum absolute atomic E-state index is 5.30. The molecule has 1 aromatic rings. The van der Waals surface area contributed by atoms with Gasteiger partial charge in [0.25, 0.3) is 0 Å². The van der Waals surface area contributed by atoms with E-state index in [1.165, 1.54) is 5.56 Å². The predicted octanol–water partition coefficient (Wildman–Crippen LogP) is 2.44. The van der Waals surface area contributed by atoms with E-state index in [9.17, 15) is 0 Å². The average Bonchev–Trinajstić information content (AvgIpc) is 2.25. The van der Waals surface area contributed by atoms with Gasteiger partial charge in [0, 0.05) is 0 Å². The first-order chi connectivity index (χ1) is 6.86. The summed E-state index contributed by atoms with van der Waals surface area (Å²) in [5, 5.41) is 0. The molecule has 0 saturated heterocycles. The molecule has 1 rings (SSSR count). The van der Waals surface area contributed by atoms with E-state index in [1.54, 1.807) is 13.2 Å². The molecule has 2 heteroatoms. The Bertz CT molecular complexity index is 281. The largest absolute Gasteiger partial charge is 0.497 e. The highest BCUT2D eigenvalue weighted by Gasteiger charge is 1.95. The summed E-state index contributed by atoms with van der Waals surface area (Å²) in [5.41, 5.74) is 1.23. The van der Waals surface area contributed by atoms with Gasteiger partial charge in [0.2, 0.25) is 0 Å². The molecule has 0 aromatic heterocycles. The Morgan fingerprint density at radius 3 is 3.00 bits per heavy atom. The minimum atomic E-state index is 0.615. The number of hydrogen-bond acceptors (Lipinski definition) is 2. The lowest BCUT2D eigenvalue weighted by Gasteiger charge is -2.04. The Morgan fingerprint density at radius 2 is 2.29 bits per heavy atom. The minimum absolute atomic E-state index is 0.615. The van der Waals surface area contributed by atoms with Gasteiger partial charge in [-0.05, 0) is 24.1 Å². The van der Waals surface area contributed by atoms with E-state index in [4.69, 9.17) is 9.47 Å². The standard InChI is InChI=1S/C12H16O2/c1-3-8-14-9-7-11-5-4-6-12(10-11)13-2/h3-6,10H,1,7-9H2,2H3.